The number of phenols is 2. The van der Waals surface area contributed by atoms with Crippen LogP contribution in [-0.2, 0) is 0 Å². The third kappa shape index (κ3) is 1.93. The van der Waals surface area contributed by atoms with E-state index in [2.05, 4.69) is 0 Å². The molecule has 0 saturated heterocycles. The van der Waals surface area contributed by atoms with Gasteiger partial charge < -0.3 is 21.7 Å². The molecule has 4 heteroatoms. The molecule has 0 aromatic heterocycles. The van der Waals surface area contributed by atoms with Gasteiger partial charge in [-0.15, -0.1) is 0 Å². The summed E-state index contributed by atoms with van der Waals surface area (Å²) in [5.74, 6) is 0.0596. The van der Waals surface area contributed by atoms with Gasteiger partial charge in [0.05, 0.1) is 11.4 Å². The molecular weight excluding hydrogens is 228 g/mol. The third-order valence-corrected chi connectivity index (χ3v) is 2.96. The van der Waals surface area contributed by atoms with Gasteiger partial charge in [0.15, 0.2) is 5.75 Å². The number of anilines is 2. The molecule has 0 fully saturated rings. The van der Waals surface area contributed by atoms with Crippen molar-refractivity contribution in [3.63, 3.8) is 0 Å². The lowest BCUT2D eigenvalue weighted by atomic mass is 9.98. The van der Waals surface area contributed by atoms with E-state index in [9.17, 15) is 10.2 Å². The van der Waals surface area contributed by atoms with E-state index in [0.717, 1.165) is 16.7 Å². The summed E-state index contributed by atoms with van der Waals surface area (Å²) < 4.78 is 0. The lowest BCUT2D eigenvalue weighted by Gasteiger charge is -2.13. The number of nitrogen functional groups attached to an aromatic ring is 2. The molecule has 4 nitrogen and oxygen atoms in total. The number of hydrogen-bond donors (Lipinski definition) is 4. The van der Waals surface area contributed by atoms with Gasteiger partial charge in [0.25, 0.3) is 0 Å². The molecule has 18 heavy (non-hydrogen) atoms. The summed E-state index contributed by atoms with van der Waals surface area (Å²) in [6.45, 7) is 3.68. The van der Waals surface area contributed by atoms with Crippen LogP contribution in [0.25, 0.3) is 11.1 Å². The summed E-state index contributed by atoms with van der Waals surface area (Å²) in [5, 5.41) is 19.5. The van der Waals surface area contributed by atoms with Gasteiger partial charge in [-0.3, -0.25) is 0 Å². The highest BCUT2D eigenvalue weighted by atomic mass is 16.3. The van der Waals surface area contributed by atoms with Gasteiger partial charge in [-0.05, 0) is 48.7 Å². The lowest BCUT2D eigenvalue weighted by molar-refractivity contribution is 0.475. The molecule has 2 rings (SSSR count). The van der Waals surface area contributed by atoms with Gasteiger partial charge >= 0.3 is 0 Å². The van der Waals surface area contributed by atoms with Crippen molar-refractivity contribution < 1.29 is 10.2 Å². The maximum atomic E-state index is 9.86. The number of hydrogen-bond acceptors (Lipinski definition) is 4. The molecule has 0 unspecified atom stereocenters. The van der Waals surface area contributed by atoms with Crippen molar-refractivity contribution in [2.75, 3.05) is 11.5 Å². The molecule has 6 N–H and O–H groups in total. The topological polar surface area (TPSA) is 92.5 Å². The summed E-state index contributed by atoms with van der Waals surface area (Å²) >= 11 is 0. The Bertz CT molecular complexity index is 601. The quantitative estimate of drug-likeness (QED) is 0.458. The second-order valence-electron chi connectivity index (χ2n) is 4.47. The predicted molar refractivity (Wildman–Crippen MR) is 73.5 cm³/mol. The molecule has 0 spiro atoms. The first kappa shape index (κ1) is 12.1. The molecule has 2 aromatic carbocycles. The average molecular weight is 244 g/mol. The van der Waals surface area contributed by atoms with E-state index in [1.165, 1.54) is 0 Å². The summed E-state index contributed by atoms with van der Waals surface area (Å²) in [7, 11) is 0. The molecule has 0 saturated carbocycles. The lowest BCUT2D eigenvalue weighted by Crippen LogP contribution is -1.98. The molecule has 94 valence electrons. The van der Waals surface area contributed by atoms with E-state index in [4.69, 9.17) is 11.5 Å². The number of phenolic OH excluding ortho intramolecular Hbond substituents is 2. The number of rotatable bonds is 1. The fourth-order valence-corrected chi connectivity index (χ4v) is 1.99. The fourth-order valence-electron chi connectivity index (χ4n) is 1.99. The number of aryl methyl sites for hydroxylation is 2. The summed E-state index contributed by atoms with van der Waals surface area (Å²) in [4.78, 5) is 0. The smallest absolute Gasteiger partial charge is 0.162 e. The molecule has 0 heterocycles. The monoisotopic (exact) mass is 244 g/mol. The minimum atomic E-state index is -0.106. The maximum Gasteiger partial charge on any atom is 0.162 e. The Kier molecular flexibility index (Phi) is 2.79. The Hall–Kier alpha value is -2.36. The average Bonchev–Trinajstić information content (AvgIpc) is 2.30. The summed E-state index contributed by atoms with van der Waals surface area (Å²) in [5.41, 5.74) is 15.2. The van der Waals surface area contributed by atoms with Crippen molar-refractivity contribution in [3.05, 3.63) is 35.4 Å². The van der Waals surface area contributed by atoms with Gasteiger partial charge in [-0.25, -0.2) is 0 Å². The molecule has 0 aliphatic carbocycles. The zero-order valence-electron chi connectivity index (χ0n) is 10.4. The van der Waals surface area contributed by atoms with Crippen molar-refractivity contribution in [2.24, 2.45) is 0 Å². The van der Waals surface area contributed by atoms with Crippen LogP contribution in [0, 0.1) is 13.8 Å². The maximum absolute atomic E-state index is 9.86. The predicted octanol–water partition coefficient (Wildman–Crippen LogP) is 2.55. The van der Waals surface area contributed by atoms with E-state index >= 15 is 0 Å². The first-order valence-electron chi connectivity index (χ1n) is 5.58. The number of benzene rings is 2. The molecule has 0 aliphatic heterocycles. The Morgan fingerprint density at radius 1 is 0.889 bits per heavy atom. The Labute approximate surface area is 105 Å². The largest absolute Gasteiger partial charge is 0.508 e. The van der Waals surface area contributed by atoms with Gasteiger partial charge in [0, 0.05) is 5.56 Å². The van der Waals surface area contributed by atoms with E-state index in [1.54, 1.807) is 25.1 Å². The molecule has 0 bridgehead atoms. The molecule has 0 aliphatic rings. The van der Waals surface area contributed by atoms with Crippen molar-refractivity contribution in [1.29, 1.82) is 0 Å². The van der Waals surface area contributed by atoms with Crippen LogP contribution in [0.4, 0.5) is 11.4 Å². The van der Waals surface area contributed by atoms with E-state index < -0.39 is 0 Å². The van der Waals surface area contributed by atoms with E-state index in [-0.39, 0.29) is 22.9 Å². The van der Waals surface area contributed by atoms with Crippen molar-refractivity contribution in [2.45, 2.75) is 13.8 Å². The molecule has 2 aromatic rings. The Morgan fingerprint density at radius 3 is 2.17 bits per heavy atom. The van der Waals surface area contributed by atoms with Crippen molar-refractivity contribution in [1.82, 2.24) is 0 Å². The highest BCUT2D eigenvalue weighted by Crippen LogP contribution is 2.40. The van der Waals surface area contributed by atoms with E-state index in [1.807, 2.05) is 13.0 Å². The number of aromatic hydroxyl groups is 2. The summed E-state index contributed by atoms with van der Waals surface area (Å²) in [6.07, 6.45) is 0. The van der Waals surface area contributed by atoms with E-state index in [0.29, 0.717) is 5.56 Å². The van der Waals surface area contributed by atoms with Gasteiger partial charge in [0.1, 0.15) is 5.75 Å². The van der Waals surface area contributed by atoms with Crippen LogP contribution < -0.4 is 11.5 Å². The minimum absolute atomic E-state index is 0.106. The van der Waals surface area contributed by atoms with Crippen LogP contribution in [0.1, 0.15) is 11.1 Å². The molecule has 0 atom stereocenters. The van der Waals surface area contributed by atoms with Crippen molar-refractivity contribution in [3.8, 4) is 22.6 Å². The standard InChI is InChI=1S/C14H16N2O2/c1-7-3-9(6-10(17)4-7)11-5-8(2)12(15)14(18)13(11)16/h3-6,17-18H,15-16H2,1-2H3. The van der Waals surface area contributed by atoms with Gasteiger partial charge in [0.2, 0.25) is 0 Å². The second-order valence-corrected chi connectivity index (χ2v) is 4.47. The van der Waals surface area contributed by atoms with Gasteiger partial charge in [-0.1, -0.05) is 6.07 Å². The zero-order chi connectivity index (χ0) is 13.4. The SMILES string of the molecule is Cc1cc(O)cc(-c2cc(C)c(N)c(O)c2N)c1. The van der Waals surface area contributed by atoms with Crippen molar-refractivity contribution >= 4 is 11.4 Å². The highest BCUT2D eigenvalue weighted by Gasteiger charge is 2.13. The first-order valence-corrected chi connectivity index (χ1v) is 5.58. The Balaban J connectivity index is 2.71. The van der Waals surface area contributed by atoms with Gasteiger partial charge in [-0.2, -0.15) is 0 Å². The first-order chi connectivity index (χ1) is 8.40. The molecule has 0 amide bonds. The zero-order valence-corrected chi connectivity index (χ0v) is 10.4. The van der Waals surface area contributed by atoms with Crippen LogP contribution in [0.15, 0.2) is 24.3 Å². The minimum Gasteiger partial charge on any atom is -0.508 e. The number of nitrogens with two attached hydrogens (primary N) is 2. The second kappa shape index (κ2) is 4.14. The van der Waals surface area contributed by atoms with Crippen LogP contribution in [0.2, 0.25) is 0 Å². The van der Waals surface area contributed by atoms with Crippen LogP contribution in [-0.4, -0.2) is 10.2 Å². The summed E-state index contributed by atoms with van der Waals surface area (Å²) in [6, 6.07) is 6.95. The third-order valence-electron chi connectivity index (χ3n) is 2.96. The molecule has 0 radical (unpaired) electrons. The fraction of sp³-hybridized carbons (Fsp3) is 0.143. The van der Waals surface area contributed by atoms with Crippen LogP contribution >= 0.6 is 0 Å². The van der Waals surface area contributed by atoms with Crippen LogP contribution in [0.5, 0.6) is 11.5 Å². The normalized spacial score (nSPS) is 10.6. The van der Waals surface area contributed by atoms with Crippen LogP contribution in [0.3, 0.4) is 0 Å². The highest BCUT2D eigenvalue weighted by molar-refractivity contribution is 5.87. The molecular formula is C14H16N2O2. The Morgan fingerprint density at radius 2 is 1.56 bits per heavy atom.